The number of carbonyl (C=O) groups is 5. The van der Waals surface area contributed by atoms with E-state index in [2.05, 4.69) is 16.0 Å². The minimum atomic E-state index is -1.32. The number of nitrogens with two attached hydrogens (primary N) is 1. The normalized spacial score (nSPS) is 18.2. The number of hydrogen-bond donors (Lipinski definition) is 4. The highest BCUT2D eigenvalue weighted by Gasteiger charge is 2.35. The summed E-state index contributed by atoms with van der Waals surface area (Å²) in [4.78, 5) is 61.0. The van der Waals surface area contributed by atoms with E-state index in [1.807, 2.05) is 36.4 Å². The molecule has 0 aromatic heterocycles. The molecule has 1 fully saturated rings. The molecule has 0 spiro atoms. The molecule has 2 aromatic rings. The summed E-state index contributed by atoms with van der Waals surface area (Å²) in [7, 11) is 0. The van der Waals surface area contributed by atoms with Crippen LogP contribution in [-0.2, 0) is 41.7 Å². The largest absolute Gasteiger partial charge is 0.461 e. The monoisotopic (exact) mass is 466 g/mol. The van der Waals surface area contributed by atoms with Crippen LogP contribution in [0.4, 0.5) is 0 Å². The molecule has 34 heavy (non-hydrogen) atoms. The van der Waals surface area contributed by atoms with Crippen molar-refractivity contribution in [1.29, 1.82) is 0 Å². The molecule has 0 unspecified atom stereocenters. The third-order valence-electron chi connectivity index (χ3n) is 5.23. The first-order valence-electron chi connectivity index (χ1n) is 10.7. The van der Waals surface area contributed by atoms with E-state index >= 15 is 0 Å². The van der Waals surface area contributed by atoms with Crippen molar-refractivity contribution < 1.29 is 28.7 Å². The van der Waals surface area contributed by atoms with Gasteiger partial charge in [-0.15, -0.1) is 0 Å². The summed E-state index contributed by atoms with van der Waals surface area (Å²) in [6.07, 6.45) is -0.569. The van der Waals surface area contributed by atoms with Gasteiger partial charge in [0, 0.05) is 6.42 Å². The molecule has 178 valence electrons. The molecule has 1 saturated heterocycles. The lowest BCUT2D eigenvalue weighted by Crippen LogP contribution is -2.63. The fraction of sp³-hybridized carbons (Fsp3) is 0.292. The molecule has 0 aliphatic carbocycles. The first kappa shape index (κ1) is 24.4. The van der Waals surface area contributed by atoms with E-state index in [1.54, 1.807) is 24.3 Å². The number of rotatable bonds is 10. The number of hydrogen-bond acceptors (Lipinski definition) is 6. The Bertz CT molecular complexity index is 1040. The van der Waals surface area contributed by atoms with E-state index in [1.165, 1.54) is 0 Å². The zero-order valence-corrected chi connectivity index (χ0v) is 18.4. The molecule has 10 heteroatoms. The van der Waals surface area contributed by atoms with Crippen molar-refractivity contribution in [2.24, 2.45) is 5.73 Å². The highest BCUT2D eigenvalue weighted by molar-refractivity contribution is 5.99. The zero-order valence-electron chi connectivity index (χ0n) is 18.4. The maximum absolute atomic E-state index is 12.4. The Kier molecular flexibility index (Phi) is 8.33. The molecule has 4 amide bonds. The van der Waals surface area contributed by atoms with Crippen LogP contribution in [0.5, 0.6) is 0 Å². The van der Waals surface area contributed by atoms with E-state index in [0.29, 0.717) is 6.42 Å². The fourth-order valence-corrected chi connectivity index (χ4v) is 3.44. The summed E-state index contributed by atoms with van der Waals surface area (Å²) < 4.78 is 5.11. The molecule has 10 nitrogen and oxygen atoms in total. The topological polar surface area (TPSA) is 157 Å². The van der Waals surface area contributed by atoms with Crippen molar-refractivity contribution in [3.05, 3.63) is 71.8 Å². The van der Waals surface area contributed by atoms with Crippen LogP contribution in [0.3, 0.4) is 0 Å². The number of piperazine rings is 1. The van der Waals surface area contributed by atoms with Gasteiger partial charge in [0.15, 0.2) is 0 Å². The second kappa shape index (κ2) is 11.6. The minimum Gasteiger partial charge on any atom is -0.461 e. The number of amides is 4. The molecule has 3 atom stereocenters. The van der Waals surface area contributed by atoms with Crippen LogP contribution in [0.15, 0.2) is 60.7 Å². The Labute approximate surface area is 196 Å². The predicted molar refractivity (Wildman–Crippen MR) is 121 cm³/mol. The predicted octanol–water partition coefficient (Wildman–Crippen LogP) is -0.294. The number of ether oxygens (including phenoxy) is 1. The molecule has 1 aliphatic rings. The van der Waals surface area contributed by atoms with Crippen LogP contribution in [0.25, 0.3) is 0 Å². The molecule has 0 radical (unpaired) electrons. The summed E-state index contributed by atoms with van der Waals surface area (Å²) in [5, 5.41) is 7.48. The van der Waals surface area contributed by atoms with Crippen molar-refractivity contribution in [3.63, 3.8) is 0 Å². The molecule has 1 heterocycles. The Hall–Kier alpha value is -4.21. The van der Waals surface area contributed by atoms with Crippen LogP contribution < -0.4 is 21.7 Å². The molecule has 3 rings (SSSR count). The standard InChI is InChI=1S/C24H26N4O6/c25-22(31)17(13-21(30)34-14-16-9-5-2-6-10-16)26-20(29)12-19-24(33)27-18(23(32)28-19)11-15-7-3-1-4-8-15/h1-10,17-19H,11-14H2,(H2,25,31)(H,26,29)(H,27,33)(H,28,32)/t17-,18+,19+/m1/s1. The molecule has 5 N–H and O–H groups in total. The van der Waals surface area contributed by atoms with Gasteiger partial charge in [0.1, 0.15) is 24.7 Å². The van der Waals surface area contributed by atoms with Crippen LogP contribution in [-0.4, -0.2) is 47.7 Å². The summed E-state index contributed by atoms with van der Waals surface area (Å²) in [6, 6.07) is 15.0. The lowest BCUT2D eigenvalue weighted by Gasteiger charge is -2.29. The SMILES string of the molecule is NC(=O)[C@@H](CC(=O)OCc1ccccc1)NC(=O)C[C@@H]1NC(=O)[C@H](Cc2ccccc2)NC1=O. The van der Waals surface area contributed by atoms with E-state index in [4.69, 9.17) is 10.5 Å². The quantitative estimate of drug-likeness (QED) is 0.352. The summed E-state index contributed by atoms with van der Waals surface area (Å²) in [6.45, 7) is 0.0114. The second-order valence-corrected chi connectivity index (χ2v) is 7.89. The number of esters is 1. The average molecular weight is 466 g/mol. The first-order valence-corrected chi connectivity index (χ1v) is 10.7. The Balaban J connectivity index is 1.48. The van der Waals surface area contributed by atoms with Crippen molar-refractivity contribution in [3.8, 4) is 0 Å². The molecule has 0 bridgehead atoms. The number of carbonyl (C=O) groups excluding carboxylic acids is 5. The molecule has 2 aromatic carbocycles. The van der Waals surface area contributed by atoms with E-state index in [-0.39, 0.29) is 6.61 Å². The van der Waals surface area contributed by atoms with Gasteiger partial charge >= 0.3 is 5.97 Å². The number of primary amides is 1. The first-order chi connectivity index (χ1) is 16.3. The number of benzene rings is 2. The van der Waals surface area contributed by atoms with Crippen LogP contribution in [0.1, 0.15) is 24.0 Å². The van der Waals surface area contributed by atoms with Gasteiger partial charge < -0.3 is 26.4 Å². The Morgan fingerprint density at radius 3 is 2.06 bits per heavy atom. The van der Waals surface area contributed by atoms with E-state index < -0.39 is 60.6 Å². The van der Waals surface area contributed by atoms with Crippen molar-refractivity contribution in [2.75, 3.05) is 0 Å². The highest BCUT2D eigenvalue weighted by Crippen LogP contribution is 2.09. The molecular formula is C24H26N4O6. The van der Waals surface area contributed by atoms with E-state index in [0.717, 1.165) is 11.1 Å². The summed E-state index contributed by atoms with van der Waals surface area (Å²) in [5.74, 6) is -3.31. The van der Waals surface area contributed by atoms with Crippen LogP contribution in [0.2, 0.25) is 0 Å². The maximum atomic E-state index is 12.4. The van der Waals surface area contributed by atoms with E-state index in [9.17, 15) is 24.0 Å². The average Bonchev–Trinajstić information content (AvgIpc) is 2.82. The smallest absolute Gasteiger partial charge is 0.308 e. The van der Waals surface area contributed by atoms with Gasteiger partial charge in [0.25, 0.3) is 0 Å². The Morgan fingerprint density at radius 1 is 0.882 bits per heavy atom. The van der Waals surface area contributed by atoms with Crippen molar-refractivity contribution >= 4 is 29.6 Å². The van der Waals surface area contributed by atoms with Gasteiger partial charge in [-0.2, -0.15) is 0 Å². The van der Waals surface area contributed by atoms with Crippen molar-refractivity contribution in [1.82, 2.24) is 16.0 Å². The van der Waals surface area contributed by atoms with Gasteiger partial charge in [0.2, 0.25) is 23.6 Å². The number of nitrogens with one attached hydrogen (secondary N) is 3. The molecule has 0 saturated carbocycles. The van der Waals surface area contributed by atoms with Crippen LogP contribution >= 0.6 is 0 Å². The highest BCUT2D eigenvalue weighted by atomic mass is 16.5. The fourth-order valence-electron chi connectivity index (χ4n) is 3.44. The summed E-state index contributed by atoms with van der Waals surface area (Å²) >= 11 is 0. The molecule has 1 aliphatic heterocycles. The second-order valence-electron chi connectivity index (χ2n) is 7.89. The third kappa shape index (κ3) is 7.16. The van der Waals surface area contributed by atoms with Crippen molar-refractivity contribution in [2.45, 2.75) is 44.0 Å². The van der Waals surface area contributed by atoms with Gasteiger partial charge in [-0.25, -0.2) is 0 Å². The van der Waals surface area contributed by atoms with Gasteiger partial charge in [-0.3, -0.25) is 24.0 Å². The zero-order chi connectivity index (χ0) is 24.5. The molecular weight excluding hydrogens is 440 g/mol. The maximum Gasteiger partial charge on any atom is 0.308 e. The third-order valence-corrected chi connectivity index (χ3v) is 5.23. The minimum absolute atomic E-state index is 0.0114. The Morgan fingerprint density at radius 2 is 1.44 bits per heavy atom. The van der Waals surface area contributed by atoms with Crippen LogP contribution in [0, 0.1) is 0 Å². The van der Waals surface area contributed by atoms with Gasteiger partial charge in [-0.05, 0) is 11.1 Å². The van der Waals surface area contributed by atoms with Gasteiger partial charge in [-0.1, -0.05) is 60.7 Å². The van der Waals surface area contributed by atoms with Gasteiger partial charge in [0.05, 0.1) is 12.8 Å². The lowest BCUT2D eigenvalue weighted by atomic mass is 10.0. The summed E-state index contributed by atoms with van der Waals surface area (Å²) in [5.41, 5.74) is 6.95. The lowest BCUT2D eigenvalue weighted by molar-refractivity contribution is -0.147.